The van der Waals surface area contributed by atoms with Gasteiger partial charge in [0, 0.05) is 24.5 Å². The summed E-state index contributed by atoms with van der Waals surface area (Å²) in [5, 5.41) is 10.3. The fourth-order valence-corrected chi connectivity index (χ4v) is 0.655. The molecule has 1 aromatic heterocycles. The van der Waals surface area contributed by atoms with E-state index < -0.39 is 11.9 Å². The molecule has 4 nitrogen and oxygen atoms in total. The molecule has 0 saturated carbocycles. The van der Waals surface area contributed by atoms with Crippen LogP contribution in [0.25, 0.3) is 0 Å². The van der Waals surface area contributed by atoms with E-state index in [1.54, 1.807) is 0 Å². The third kappa shape index (κ3) is 2.89. The monoisotopic (exact) mass is 174 g/mol. The van der Waals surface area contributed by atoms with E-state index in [9.17, 15) is 9.90 Å². The Morgan fingerprint density at radius 3 is 2.67 bits per heavy atom. The molecule has 1 heterocycles. The summed E-state index contributed by atoms with van der Waals surface area (Å²) in [6.45, 7) is 1.51. The molecule has 12 heavy (non-hydrogen) atoms. The van der Waals surface area contributed by atoms with E-state index in [1.165, 1.54) is 25.5 Å². The zero-order valence-electron chi connectivity index (χ0n) is 7.02. The van der Waals surface area contributed by atoms with Crippen LogP contribution in [-0.4, -0.2) is 15.9 Å². The van der Waals surface area contributed by atoms with Crippen molar-refractivity contribution in [3.8, 4) is 0 Å². The summed E-state index contributed by atoms with van der Waals surface area (Å²) in [6.07, 6.45) is 4.36. The zero-order chi connectivity index (χ0) is 8.27. The number of carboxylic acids is 1. The number of nitrogens with zero attached hydrogens (tertiary/aromatic N) is 2. The molecule has 1 rings (SSSR count). The molecule has 0 fully saturated rings. The smallest absolute Gasteiger partial charge is 0.549 e. The van der Waals surface area contributed by atoms with Gasteiger partial charge in [0.25, 0.3) is 0 Å². The second-order valence-electron chi connectivity index (χ2n) is 2.17. The molecule has 0 aromatic carbocycles. The number of carbonyl (C=O) groups excluding carboxylic acids is 1. The van der Waals surface area contributed by atoms with E-state index in [2.05, 4.69) is 9.97 Å². The van der Waals surface area contributed by atoms with E-state index >= 15 is 0 Å². The van der Waals surface area contributed by atoms with Crippen LogP contribution in [0.1, 0.15) is 18.5 Å². The molecule has 1 unspecified atom stereocenters. The van der Waals surface area contributed by atoms with Crippen LogP contribution in [-0.2, 0) is 4.79 Å². The van der Waals surface area contributed by atoms with Crippen LogP contribution < -0.4 is 34.7 Å². The first-order chi connectivity index (χ1) is 5.22. The third-order valence-corrected chi connectivity index (χ3v) is 1.38. The van der Waals surface area contributed by atoms with Gasteiger partial charge >= 0.3 is 29.6 Å². The maximum atomic E-state index is 10.3. The molecular weight excluding hydrogens is 167 g/mol. The molecule has 58 valence electrons. The second kappa shape index (κ2) is 5.24. The van der Waals surface area contributed by atoms with Crippen molar-refractivity contribution in [1.82, 2.24) is 9.97 Å². The van der Waals surface area contributed by atoms with Gasteiger partial charge in [-0.25, -0.2) is 0 Å². The number of hydrogen-bond donors (Lipinski definition) is 0. The van der Waals surface area contributed by atoms with Crippen LogP contribution in [0.4, 0.5) is 0 Å². The van der Waals surface area contributed by atoms with E-state index in [0.29, 0.717) is 5.69 Å². The fraction of sp³-hybridized carbons (Fsp3) is 0.286. The van der Waals surface area contributed by atoms with Gasteiger partial charge < -0.3 is 9.90 Å². The number of rotatable bonds is 2. The van der Waals surface area contributed by atoms with Crippen molar-refractivity contribution in [2.45, 2.75) is 12.8 Å². The van der Waals surface area contributed by atoms with Crippen LogP contribution in [0.5, 0.6) is 0 Å². The number of carbonyl (C=O) groups is 1. The summed E-state index contributed by atoms with van der Waals surface area (Å²) < 4.78 is 0. The molecule has 1 aromatic rings. The first-order valence-corrected chi connectivity index (χ1v) is 3.18. The summed E-state index contributed by atoms with van der Waals surface area (Å²) in [7, 11) is 0. The number of aliphatic carboxylic acids is 1. The maximum Gasteiger partial charge on any atom is 1.00 e. The Morgan fingerprint density at radius 1 is 1.58 bits per heavy atom. The minimum Gasteiger partial charge on any atom is -0.549 e. The van der Waals surface area contributed by atoms with Crippen molar-refractivity contribution < 1.29 is 39.5 Å². The van der Waals surface area contributed by atoms with Crippen LogP contribution in [0.2, 0.25) is 0 Å². The molecule has 0 bridgehead atoms. The SMILES string of the molecule is CC(C(=O)[O-])c1cnccn1.[Na+]. The molecule has 0 aliphatic carbocycles. The number of hydrogen-bond acceptors (Lipinski definition) is 4. The second-order valence-corrected chi connectivity index (χ2v) is 2.17. The summed E-state index contributed by atoms with van der Waals surface area (Å²) in [5.74, 6) is -1.82. The molecule has 0 amide bonds. The van der Waals surface area contributed by atoms with Gasteiger partial charge in [-0.05, 0) is 0 Å². The average molecular weight is 174 g/mol. The molecule has 0 spiro atoms. The quantitative estimate of drug-likeness (QED) is 0.433. The van der Waals surface area contributed by atoms with Crippen molar-refractivity contribution in [3.63, 3.8) is 0 Å². The van der Waals surface area contributed by atoms with Gasteiger partial charge in [-0.3, -0.25) is 9.97 Å². The molecule has 0 radical (unpaired) electrons. The Balaban J connectivity index is 0.00000121. The van der Waals surface area contributed by atoms with Crippen LogP contribution in [0, 0.1) is 0 Å². The maximum absolute atomic E-state index is 10.3. The molecule has 0 N–H and O–H groups in total. The Kier molecular flexibility index (Phi) is 5.04. The first-order valence-electron chi connectivity index (χ1n) is 3.18. The van der Waals surface area contributed by atoms with Gasteiger partial charge in [0.05, 0.1) is 11.7 Å². The molecule has 0 aliphatic rings. The van der Waals surface area contributed by atoms with Crippen LogP contribution >= 0.6 is 0 Å². The first kappa shape index (κ1) is 11.6. The number of carboxylic acid groups (broad SMARTS) is 1. The van der Waals surface area contributed by atoms with Crippen molar-refractivity contribution in [2.75, 3.05) is 0 Å². The van der Waals surface area contributed by atoms with E-state index in [1.807, 2.05) is 0 Å². The minimum atomic E-state index is -1.13. The predicted molar refractivity (Wildman–Crippen MR) is 35.5 cm³/mol. The molecule has 5 heteroatoms. The van der Waals surface area contributed by atoms with E-state index in [0.717, 1.165) is 0 Å². The molecule has 1 atom stereocenters. The average Bonchev–Trinajstić information content (AvgIpc) is 2.05. The van der Waals surface area contributed by atoms with Gasteiger partial charge in [-0.15, -0.1) is 0 Å². The largest absolute Gasteiger partial charge is 1.00 e. The van der Waals surface area contributed by atoms with Gasteiger partial charge in [0.15, 0.2) is 0 Å². The topological polar surface area (TPSA) is 65.9 Å². The Bertz CT molecular complexity index is 253. The Hall–Kier alpha value is -0.450. The van der Waals surface area contributed by atoms with E-state index in [-0.39, 0.29) is 29.6 Å². The minimum absolute atomic E-state index is 0. The van der Waals surface area contributed by atoms with Crippen molar-refractivity contribution >= 4 is 5.97 Å². The molecular formula is C7H7N2NaO2. The number of aromatic nitrogens is 2. The van der Waals surface area contributed by atoms with Crippen LogP contribution in [0.15, 0.2) is 18.6 Å². The predicted octanol–water partition coefficient (Wildman–Crippen LogP) is -3.67. The van der Waals surface area contributed by atoms with Crippen molar-refractivity contribution in [3.05, 3.63) is 24.3 Å². The van der Waals surface area contributed by atoms with Gasteiger partial charge in [-0.1, -0.05) is 6.92 Å². The molecule has 0 aliphatic heterocycles. The van der Waals surface area contributed by atoms with Gasteiger partial charge in [0.2, 0.25) is 0 Å². The zero-order valence-corrected chi connectivity index (χ0v) is 9.02. The standard InChI is InChI=1S/C7H8N2O2.Na/c1-5(7(10)11)6-4-8-2-3-9-6;/h2-5H,1H3,(H,10,11);/q;+1/p-1. The Labute approximate surface area is 92.3 Å². The van der Waals surface area contributed by atoms with Crippen molar-refractivity contribution in [1.29, 1.82) is 0 Å². The fourth-order valence-electron chi connectivity index (χ4n) is 0.655. The summed E-state index contributed by atoms with van der Waals surface area (Å²) in [5.41, 5.74) is 0.424. The summed E-state index contributed by atoms with van der Waals surface area (Å²) in [4.78, 5) is 17.9. The van der Waals surface area contributed by atoms with Crippen LogP contribution in [0.3, 0.4) is 0 Å². The van der Waals surface area contributed by atoms with Gasteiger partial charge in [0.1, 0.15) is 0 Å². The Morgan fingerprint density at radius 2 is 2.25 bits per heavy atom. The third-order valence-electron chi connectivity index (χ3n) is 1.38. The normalized spacial score (nSPS) is 11.4. The van der Waals surface area contributed by atoms with Gasteiger partial charge in [-0.2, -0.15) is 0 Å². The summed E-state index contributed by atoms with van der Waals surface area (Å²) in [6, 6.07) is 0. The molecule has 0 saturated heterocycles. The van der Waals surface area contributed by atoms with E-state index in [4.69, 9.17) is 0 Å². The summed E-state index contributed by atoms with van der Waals surface area (Å²) >= 11 is 0. The van der Waals surface area contributed by atoms with Crippen molar-refractivity contribution in [2.24, 2.45) is 0 Å².